The predicted octanol–water partition coefficient (Wildman–Crippen LogP) is 4.31. The van der Waals surface area contributed by atoms with Gasteiger partial charge in [0, 0.05) is 25.7 Å². The van der Waals surface area contributed by atoms with Gasteiger partial charge in [-0.1, -0.05) is 0 Å². The van der Waals surface area contributed by atoms with E-state index in [1.807, 2.05) is 6.92 Å². The molecular formula is C20H28N4OS. The van der Waals surface area contributed by atoms with E-state index in [1.54, 1.807) is 11.3 Å². The van der Waals surface area contributed by atoms with Gasteiger partial charge in [-0.2, -0.15) is 0 Å². The summed E-state index contributed by atoms with van der Waals surface area (Å²) in [6.45, 7) is 9.17. The van der Waals surface area contributed by atoms with Crippen LogP contribution in [0.4, 0.5) is 5.82 Å². The third-order valence-electron chi connectivity index (χ3n) is 5.80. The number of anilines is 1. The summed E-state index contributed by atoms with van der Waals surface area (Å²) in [6, 6.07) is 0.329. The van der Waals surface area contributed by atoms with Crippen molar-refractivity contribution in [1.82, 2.24) is 14.9 Å². The highest BCUT2D eigenvalue weighted by atomic mass is 32.1. The number of hydrogen-bond acceptors (Lipinski definition) is 5. The molecule has 0 spiro atoms. The number of likely N-dealkylation sites (tertiary alicyclic amines) is 1. The number of thiophene rings is 1. The van der Waals surface area contributed by atoms with E-state index in [2.05, 4.69) is 28.6 Å². The molecule has 1 atom stereocenters. The lowest BCUT2D eigenvalue weighted by molar-refractivity contribution is 0.0640. The van der Waals surface area contributed by atoms with E-state index < -0.39 is 0 Å². The fourth-order valence-electron chi connectivity index (χ4n) is 4.29. The minimum atomic E-state index is 0.181. The normalized spacial score (nSPS) is 21.4. The first-order chi connectivity index (χ1) is 12.6. The Kier molecular flexibility index (Phi) is 4.86. The van der Waals surface area contributed by atoms with E-state index >= 15 is 0 Å². The molecular weight excluding hydrogens is 344 g/mol. The Balaban J connectivity index is 1.77. The van der Waals surface area contributed by atoms with Gasteiger partial charge < -0.3 is 9.80 Å². The van der Waals surface area contributed by atoms with Crippen LogP contribution in [0.2, 0.25) is 0 Å². The van der Waals surface area contributed by atoms with Crippen LogP contribution in [0, 0.1) is 13.8 Å². The number of nitrogens with zero attached hydrogens (tertiary/aromatic N) is 4. The maximum absolute atomic E-state index is 13.2. The topological polar surface area (TPSA) is 49.3 Å². The minimum Gasteiger partial charge on any atom is -0.356 e. The lowest BCUT2D eigenvalue weighted by atomic mass is 10.0. The van der Waals surface area contributed by atoms with E-state index in [0.29, 0.717) is 6.04 Å². The summed E-state index contributed by atoms with van der Waals surface area (Å²) in [4.78, 5) is 29.0. The van der Waals surface area contributed by atoms with Crippen molar-refractivity contribution >= 4 is 33.3 Å². The zero-order chi connectivity index (χ0) is 18.3. The molecule has 4 rings (SSSR count). The molecule has 0 aliphatic carbocycles. The van der Waals surface area contributed by atoms with Crippen LogP contribution < -0.4 is 4.90 Å². The maximum Gasteiger partial charge on any atom is 0.264 e. The molecule has 2 fully saturated rings. The highest BCUT2D eigenvalue weighted by molar-refractivity contribution is 7.20. The third-order valence-corrected chi connectivity index (χ3v) is 6.97. The molecule has 0 N–H and O–H groups in total. The summed E-state index contributed by atoms with van der Waals surface area (Å²) in [5, 5.41) is 1.09. The van der Waals surface area contributed by atoms with Crippen molar-refractivity contribution < 1.29 is 4.79 Å². The van der Waals surface area contributed by atoms with Crippen LogP contribution in [0.25, 0.3) is 10.2 Å². The zero-order valence-electron chi connectivity index (χ0n) is 16.0. The number of hydrogen-bond donors (Lipinski definition) is 0. The summed E-state index contributed by atoms with van der Waals surface area (Å²) < 4.78 is 0. The molecule has 0 radical (unpaired) electrons. The van der Waals surface area contributed by atoms with Crippen molar-refractivity contribution in [2.24, 2.45) is 0 Å². The van der Waals surface area contributed by atoms with Gasteiger partial charge >= 0.3 is 0 Å². The lowest BCUT2D eigenvalue weighted by Gasteiger charge is -2.33. The summed E-state index contributed by atoms with van der Waals surface area (Å²) >= 11 is 1.55. The molecule has 2 saturated heterocycles. The molecule has 6 heteroatoms. The van der Waals surface area contributed by atoms with Gasteiger partial charge in [0.15, 0.2) is 0 Å². The molecule has 4 heterocycles. The van der Waals surface area contributed by atoms with Crippen molar-refractivity contribution in [3.63, 3.8) is 0 Å². The molecule has 2 aromatic heterocycles. The number of amides is 1. The van der Waals surface area contributed by atoms with Gasteiger partial charge in [0.25, 0.3) is 5.91 Å². The summed E-state index contributed by atoms with van der Waals surface area (Å²) in [6.07, 6.45) is 7.16. The van der Waals surface area contributed by atoms with Gasteiger partial charge in [-0.15, -0.1) is 11.3 Å². The highest BCUT2D eigenvalue weighted by Gasteiger charge is 2.29. The number of carbonyl (C=O) groups is 1. The summed E-state index contributed by atoms with van der Waals surface area (Å²) in [5.74, 6) is 2.01. The van der Waals surface area contributed by atoms with Crippen molar-refractivity contribution in [3.05, 3.63) is 16.3 Å². The summed E-state index contributed by atoms with van der Waals surface area (Å²) in [7, 11) is 0. The lowest BCUT2D eigenvalue weighted by Crippen LogP contribution is -2.41. The molecule has 2 aromatic rings. The number of aryl methyl sites for hydroxylation is 2. The van der Waals surface area contributed by atoms with Gasteiger partial charge in [0.05, 0.1) is 10.3 Å². The van der Waals surface area contributed by atoms with Crippen LogP contribution in [0.15, 0.2) is 0 Å². The summed E-state index contributed by atoms with van der Waals surface area (Å²) in [5.41, 5.74) is 1.06. The monoisotopic (exact) mass is 372 g/mol. The number of rotatable bonds is 2. The first-order valence-electron chi connectivity index (χ1n) is 9.90. The zero-order valence-corrected chi connectivity index (χ0v) is 16.9. The number of piperidine rings is 2. The van der Waals surface area contributed by atoms with Crippen LogP contribution in [0.3, 0.4) is 0 Å². The van der Waals surface area contributed by atoms with Gasteiger partial charge in [-0.3, -0.25) is 4.79 Å². The number of aromatic nitrogens is 2. The highest BCUT2D eigenvalue weighted by Crippen LogP contribution is 2.37. The molecule has 0 saturated carbocycles. The van der Waals surface area contributed by atoms with Crippen LogP contribution in [0.1, 0.15) is 66.5 Å². The molecule has 0 bridgehead atoms. The Morgan fingerprint density at radius 2 is 1.77 bits per heavy atom. The molecule has 140 valence electrons. The van der Waals surface area contributed by atoms with E-state index in [-0.39, 0.29) is 5.91 Å². The molecule has 1 unspecified atom stereocenters. The third kappa shape index (κ3) is 3.08. The average Bonchev–Trinajstić information content (AvgIpc) is 2.98. The SMILES string of the molecule is Cc1nc(N2CCCCC2)c2c(C)c(C(=O)N3CCCCC3C)sc2n1. The largest absolute Gasteiger partial charge is 0.356 e. The van der Waals surface area contributed by atoms with Crippen LogP contribution in [-0.4, -0.2) is 46.5 Å². The van der Waals surface area contributed by atoms with Crippen LogP contribution >= 0.6 is 11.3 Å². The second-order valence-electron chi connectivity index (χ2n) is 7.72. The second-order valence-corrected chi connectivity index (χ2v) is 8.72. The number of carbonyl (C=O) groups excluding carboxylic acids is 1. The molecule has 5 nitrogen and oxygen atoms in total. The average molecular weight is 373 g/mol. The number of fused-ring (bicyclic) bond motifs is 1. The molecule has 1 amide bonds. The Hall–Kier alpha value is -1.69. The van der Waals surface area contributed by atoms with Crippen molar-refractivity contribution in [3.8, 4) is 0 Å². The molecule has 2 aliphatic rings. The van der Waals surface area contributed by atoms with E-state index in [0.717, 1.165) is 64.8 Å². The van der Waals surface area contributed by atoms with Gasteiger partial charge in [0.2, 0.25) is 0 Å². The van der Waals surface area contributed by atoms with Crippen LogP contribution in [0.5, 0.6) is 0 Å². The standard InChI is InChI=1S/C20H28N4OS/c1-13-9-5-8-12-24(13)20(25)17-14(2)16-18(23-10-6-4-7-11-23)21-15(3)22-19(16)26-17/h13H,4-12H2,1-3H3. The van der Waals surface area contributed by atoms with E-state index in [1.165, 1.54) is 25.7 Å². The molecule has 0 aromatic carbocycles. The smallest absolute Gasteiger partial charge is 0.264 e. The van der Waals surface area contributed by atoms with Crippen molar-refractivity contribution in [2.45, 2.75) is 65.3 Å². The molecule has 26 heavy (non-hydrogen) atoms. The van der Waals surface area contributed by atoms with Gasteiger partial charge in [-0.05, 0) is 64.9 Å². The van der Waals surface area contributed by atoms with Gasteiger partial charge in [-0.25, -0.2) is 9.97 Å². The first-order valence-corrected chi connectivity index (χ1v) is 10.7. The Morgan fingerprint density at radius 3 is 2.50 bits per heavy atom. The molecule has 2 aliphatic heterocycles. The van der Waals surface area contributed by atoms with Crippen molar-refractivity contribution in [2.75, 3.05) is 24.5 Å². The van der Waals surface area contributed by atoms with E-state index in [9.17, 15) is 4.79 Å². The fraction of sp³-hybridized carbons (Fsp3) is 0.650. The predicted molar refractivity (Wildman–Crippen MR) is 107 cm³/mol. The second kappa shape index (κ2) is 7.14. The van der Waals surface area contributed by atoms with Crippen LogP contribution in [-0.2, 0) is 0 Å². The maximum atomic E-state index is 13.2. The Morgan fingerprint density at radius 1 is 1.04 bits per heavy atom. The first kappa shape index (κ1) is 17.7. The quantitative estimate of drug-likeness (QED) is 0.788. The Bertz CT molecular complexity index is 825. The van der Waals surface area contributed by atoms with Gasteiger partial charge in [0.1, 0.15) is 16.5 Å². The fourth-order valence-corrected chi connectivity index (χ4v) is 5.47. The Labute approximate surface area is 159 Å². The minimum absolute atomic E-state index is 0.181. The van der Waals surface area contributed by atoms with Crippen molar-refractivity contribution in [1.29, 1.82) is 0 Å². The van der Waals surface area contributed by atoms with E-state index in [4.69, 9.17) is 4.98 Å².